The van der Waals surface area contributed by atoms with E-state index in [0.717, 1.165) is 5.56 Å². The maximum absolute atomic E-state index is 13.1. The lowest BCUT2D eigenvalue weighted by molar-refractivity contribution is -0.140. The number of nitrogens with zero attached hydrogens (tertiary/aromatic N) is 1. The van der Waals surface area contributed by atoms with Crippen molar-refractivity contribution in [1.82, 2.24) is 10.2 Å². The van der Waals surface area contributed by atoms with Gasteiger partial charge in [0.2, 0.25) is 11.8 Å². The van der Waals surface area contributed by atoms with E-state index in [0.29, 0.717) is 28.1 Å². The predicted octanol–water partition coefficient (Wildman–Crippen LogP) is 4.73. The van der Waals surface area contributed by atoms with E-state index < -0.39 is 6.04 Å². The molecular formula is C22H26Cl2N2O2. The van der Waals surface area contributed by atoms with Crippen molar-refractivity contribution < 1.29 is 9.59 Å². The molecule has 2 amide bonds. The fourth-order valence-electron chi connectivity index (χ4n) is 2.76. The van der Waals surface area contributed by atoms with Crippen molar-refractivity contribution in [3.63, 3.8) is 0 Å². The van der Waals surface area contributed by atoms with E-state index in [1.54, 1.807) is 25.1 Å². The Hall–Kier alpha value is -2.04. The van der Waals surface area contributed by atoms with Crippen LogP contribution in [0.3, 0.4) is 0 Å². The van der Waals surface area contributed by atoms with Gasteiger partial charge >= 0.3 is 0 Å². The van der Waals surface area contributed by atoms with Crippen molar-refractivity contribution in [3.8, 4) is 0 Å². The molecule has 6 heteroatoms. The molecular weight excluding hydrogens is 395 g/mol. The summed E-state index contributed by atoms with van der Waals surface area (Å²) in [5.74, 6) is -0.0321. The van der Waals surface area contributed by atoms with E-state index in [4.69, 9.17) is 23.2 Å². The summed E-state index contributed by atoms with van der Waals surface area (Å²) >= 11 is 12.6. The average molecular weight is 421 g/mol. The van der Waals surface area contributed by atoms with Gasteiger partial charge in [-0.25, -0.2) is 0 Å². The molecule has 2 aromatic rings. The standard InChI is InChI=1S/C22H26Cl2N2O2/c1-15(2)13-25-22(28)16(3)26(14-18-19(23)10-7-11-20(18)24)21(27)12-17-8-5-4-6-9-17/h4-11,15-16H,12-14H2,1-3H3,(H,25,28)/t16-/m1/s1. The van der Waals surface area contributed by atoms with Crippen LogP contribution in [0.25, 0.3) is 0 Å². The molecule has 0 unspecified atom stereocenters. The molecule has 0 fully saturated rings. The lowest BCUT2D eigenvalue weighted by atomic mass is 10.1. The van der Waals surface area contributed by atoms with Crippen LogP contribution in [0.2, 0.25) is 10.0 Å². The van der Waals surface area contributed by atoms with Gasteiger partial charge in [-0.3, -0.25) is 9.59 Å². The van der Waals surface area contributed by atoms with E-state index in [2.05, 4.69) is 5.32 Å². The first-order valence-corrected chi connectivity index (χ1v) is 10.1. The van der Waals surface area contributed by atoms with Crippen LogP contribution in [0.1, 0.15) is 31.9 Å². The Bertz CT molecular complexity index is 789. The maximum atomic E-state index is 13.1. The minimum Gasteiger partial charge on any atom is -0.354 e. The summed E-state index contributed by atoms with van der Waals surface area (Å²) in [6, 6.07) is 14.0. The smallest absolute Gasteiger partial charge is 0.242 e. The van der Waals surface area contributed by atoms with E-state index in [-0.39, 0.29) is 24.8 Å². The molecule has 0 heterocycles. The molecule has 2 aromatic carbocycles. The Labute approximate surface area is 176 Å². The zero-order chi connectivity index (χ0) is 20.7. The highest BCUT2D eigenvalue weighted by atomic mass is 35.5. The highest BCUT2D eigenvalue weighted by molar-refractivity contribution is 6.36. The molecule has 150 valence electrons. The lowest BCUT2D eigenvalue weighted by Crippen LogP contribution is -2.48. The zero-order valence-corrected chi connectivity index (χ0v) is 17.9. The number of hydrogen-bond donors (Lipinski definition) is 1. The van der Waals surface area contributed by atoms with Crippen LogP contribution in [-0.2, 0) is 22.6 Å². The first-order chi connectivity index (χ1) is 13.3. The first kappa shape index (κ1) is 22.3. The Kier molecular flexibility index (Phi) is 8.34. The third-order valence-corrected chi connectivity index (χ3v) is 5.15. The number of nitrogens with one attached hydrogen (secondary N) is 1. The minimum absolute atomic E-state index is 0.158. The fraction of sp³-hybridized carbons (Fsp3) is 0.364. The van der Waals surface area contributed by atoms with Crippen LogP contribution in [-0.4, -0.2) is 29.3 Å². The van der Waals surface area contributed by atoms with Crippen LogP contribution in [0.4, 0.5) is 0 Å². The summed E-state index contributed by atoms with van der Waals surface area (Å²) in [5.41, 5.74) is 1.52. The van der Waals surface area contributed by atoms with Crippen molar-refractivity contribution in [2.24, 2.45) is 5.92 Å². The highest BCUT2D eigenvalue weighted by Gasteiger charge is 2.27. The lowest BCUT2D eigenvalue weighted by Gasteiger charge is -2.29. The van der Waals surface area contributed by atoms with E-state index in [1.807, 2.05) is 44.2 Å². The third-order valence-electron chi connectivity index (χ3n) is 4.44. The largest absolute Gasteiger partial charge is 0.354 e. The zero-order valence-electron chi connectivity index (χ0n) is 16.4. The first-order valence-electron chi connectivity index (χ1n) is 9.33. The molecule has 0 spiro atoms. The van der Waals surface area contributed by atoms with Crippen molar-refractivity contribution in [2.75, 3.05) is 6.54 Å². The number of amides is 2. The summed E-state index contributed by atoms with van der Waals surface area (Å²) in [5, 5.41) is 3.84. The molecule has 0 aromatic heterocycles. The number of halogens is 2. The number of carbonyl (C=O) groups is 2. The molecule has 1 atom stereocenters. The molecule has 0 aliphatic rings. The Morgan fingerprint density at radius 3 is 2.14 bits per heavy atom. The summed E-state index contributed by atoms with van der Waals surface area (Å²) in [6.07, 6.45) is 0.199. The molecule has 0 radical (unpaired) electrons. The van der Waals surface area contributed by atoms with Gasteiger partial charge in [-0.15, -0.1) is 0 Å². The molecule has 2 rings (SSSR count). The van der Waals surface area contributed by atoms with Crippen molar-refractivity contribution in [1.29, 1.82) is 0 Å². The molecule has 1 N–H and O–H groups in total. The van der Waals surface area contributed by atoms with Gasteiger partial charge in [0.1, 0.15) is 6.04 Å². The van der Waals surface area contributed by atoms with Crippen LogP contribution < -0.4 is 5.32 Å². The molecule has 28 heavy (non-hydrogen) atoms. The number of carbonyl (C=O) groups excluding carboxylic acids is 2. The monoisotopic (exact) mass is 420 g/mol. The second-order valence-electron chi connectivity index (χ2n) is 7.20. The van der Waals surface area contributed by atoms with Crippen molar-refractivity contribution in [3.05, 3.63) is 69.7 Å². The average Bonchev–Trinajstić information content (AvgIpc) is 2.66. The second-order valence-corrected chi connectivity index (χ2v) is 8.01. The molecule has 0 aliphatic heterocycles. The summed E-state index contributed by atoms with van der Waals surface area (Å²) in [4.78, 5) is 27.3. The number of benzene rings is 2. The minimum atomic E-state index is -0.651. The normalized spacial score (nSPS) is 11.9. The van der Waals surface area contributed by atoms with Crippen molar-refractivity contribution in [2.45, 2.75) is 39.8 Å². The van der Waals surface area contributed by atoms with Gasteiger partial charge in [0.25, 0.3) is 0 Å². The van der Waals surface area contributed by atoms with Crippen molar-refractivity contribution >= 4 is 35.0 Å². The highest BCUT2D eigenvalue weighted by Crippen LogP contribution is 2.26. The molecule has 0 saturated carbocycles. The number of rotatable bonds is 8. The van der Waals surface area contributed by atoms with Gasteiger partial charge in [0.05, 0.1) is 6.42 Å². The summed E-state index contributed by atoms with van der Waals surface area (Å²) in [6.45, 7) is 6.49. The fourth-order valence-corrected chi connectivity index (χ4v) is 3.28. The van der Waals surface area contributed by atoms with Gasteiger partial charge in [-0.1, -0.05) is 73.4 Å². The predicted molar refractivity (Wildman–Crippen MR) is 114 cm³/mol. The van der Waals surface area contributed by atoms with Crippen LogP contribution in [0, 0.1) is 5.92 Å². The third kappa shape index (κ3) is 6.25. The Balaban J connectivity index is 2.26. The van der Waals surface area contributed by atoms with Crippen LogP contribution in [0.5, 0.6) is 0 Å². The topological polar surface area (TPSA) is 49.4 Å². The van der Waals surface area contributed by atoms with Crippen LogP contribution >= 0.6 is 23.2 Å². The van der Waals surface area contributed by atoms with Gasteiger partial charge in [0, 0.05) is 28.7 Å². The van der Waals surface area contributed by atoms with Gasteiger partial charge < -0.3 is 10.2 Å². The van der Waals surface area contributed by atoms with Gasteiger partial charge in [-0.2, -0.15) is 0 Å². The summed E-state index contributed by atoms with van der Waals surface area (Å²) in [7, 11) is 0. The van der Waals surface area contributed by atoms with Gasteiger partial charge in [0.15, 0.2) is 0 Å². The molecule has 0 bridgehead atoms. The SMILES string of the molecule is CC(C)CNC(=O)[C@@H](C)N(Cc1c(Cl)cccc1Cl)C(=O)Cc1ccccc1. The molecule has 4 nitrogen and oxygen atoms in total. The van der Waals surface area contributed by atoms with E-state index in [9.17, 15) is 9.59 Å². The Morgan fingerprint density at radius 2 is 1.57 bits per heavy atom. The number of hydrogen-bond acceptors (Lipinski definition) is 2. The Morgan fingerprint density at radius 1 is 0.964 bits per heavy atom. The van der Waals surface area contributed by atoms with E-state index >= 15 is 0 Å². The van der Waals surface area contributed by atoms with Gasteiger partial charge in [-0.05, 0) is 30.5 Å². The summed E-state index contributed by atoms with van der Waals surface area (Å²) < 4.78 is 0. The quantitative estimate of drug-likeness (QED) is 0.670. The second kappa shape index (κ2) is 10.5. The maximum Gasteiger partial charge on any atom is 0.242 e. The molecule has 0 saturated heterocycles. The molecule has 0 aliphatic carbocycles. The van der Waals surface area contributed by atoms with Crippen LogP contribution in [0.15, 0.2) is 48.5 Å². The van der Waals surface area contributed by atoms with E-state index in [1.165, 1.54) is 4.90 Å².